The molecule has 1 aromatic carbocycles. The van der Waals surface area contributed by atoms with Gasteiger partial charge in [-0.1, -0.05) is 35.0 Å². The maximum absolute atomic E-state index is 6.20. The largest absolute Gasteiger partial charge is 0.380 e. The van der Waals surface area contributed by atoms with Crippen LogP contribution in [0.15, 0.2) is 24.3 Å². The van der Waals surface area contributed by atoms with Gasteiger partial charge in [0, 0.05) is 5.56 Å². The van der Waals surface area contributed by atoms with Crippen molar-refractivity contribution in [2.45, 2.75) is 25.3 Å². The molecule has 0 unspecified atom stereocenters. The Morgan fingerprint density at radius 3 is 2.71 bits per heavy atom. The molecule has 17 heavy (non-hydrogen) atoms. The van der Waals surface area contributed by atoms with Crippen LogP contribution in [0.1, 0.15) is 25.3 Å². The average molecular weight is 249 g/mol. The predicted octanol–water partition coefficient (Wildman–Crippen LogP) is 2.91. The molecule has 1 aliphatic rings. The van der Waals surface area contributed by atoms with Gasteiger partial charge in [-0.25, -0.2) is 4.68 Å². The summed E-state index contributed by atoms with van der Waals surface area (Å²) < 4.78 is 1.92. The lowest BCUT2D eigenvalue weighted by Crippen LogP contribution is -2.19. The van der Waals surface area contributed by atoms with E-state index in [-0.39, 0.29) is 0 Å². The molecule has 2 N–H and O–H groups in total. The molecule has 0 radical (unpaired) electrons. The highest BCUT2D eigenvalue weighted by Crippen LogP contribution is 2.38. The van der Waals surface area contributed by atoms with Crippen molar-refractivity contribution in [2.75, 3.05) is 5.73 Å². The predicted molar refractivity (Wildman–Crippen MR) is 67.8 cm³/mol. The normalized spacial score (nSPS) is 15.8. The fourth-order valence-electron chi connectivity index (χ4n) is 2.11. The first-order chi connectivity index (χ1) is 8.27. The molecule has 88 valence electrons. The van der Waals surface area contributed by atoms with E-state index < -0.39 is 0 Å². The molecule has 0 aliphatic heterocycles. The van der Waals surface area contributed by atoms with E-state index in [1.54, 1.807) is 0 Å². The number of anilines is 1. The summed E-state index contributed by atoms with van der Waals surface area (Å²) in [5.41, 5.74) is 7.66. The lowest BCUT2D eigenvalue weighted by molar-refractivity contribution is 0.287. The molecular weight excluding hydrogens is 236 g/mol. The monoisotopic (exact) mass is 248 g/mol. The lowest BCUT2D eigenvalue weighted by atomic mass is 9.93. The van der Waals surface area contributed by atoms with Gasteiger partial charge in [0.2, 0.25) is 0 Å². The molecule has 1 heterocycles. The Labute approximate surface area is 104 Å². The highest BCUT2D eigenvalue weighted by atomic mass is 35.5. The molecule has 1 aromatic heterocycles. The van der Waals surface area contributed by atoms with Crippen molar-refractivity contribution in [2.24, 2.45) is 0 Å². The third-order valence-electron chi connectivity index (χ3n) is 3.27. The second-order valence-electron chi connectivity index (χ2n) is 4.33. The van der Waals surface area contributed by atoms with Crippen molar-refractivity contribution >= 4 is 17.4 Å². The first-order valence-corrected chi connectivity index (χ1v) is 6.10. The summed E-state index contributed by atoms with van der Waals surface area (Å²) in [6, 6.07) is 8.07. The number of hydrogen-bond acceptors (Lipinski definition) is 3. The standard InChI is InChI=1S/C12H13ClN4/c13-10-7-2-1-6-9(10)11-12(14)15-16-17(11)8-4-3-5-8/h1-2,6-8H,3-5,14H2. The molecule has 3 rings (SSSR count). The van der Waals surface area contributed by atoms with Crippen LogP contribution < -0.4 is 5.73 Å². The van der Waals surface area contributed by atoms with Gasteiger partial charge in [0.25, 0.3) is 0 Å². The van der Waals surface area contributed by atoms with E-state index in [2.05, 4.69) is 10.3 Å². The fraction of sp³-hybridized carbons (Fsp3) is 0.333. The van der Waals surface area contributed by atoms with Crippen LogP contribution in [0, 0.1) is 0 Å². The maximum Gasteiger partial charge on any atom is 0.174 e. The SMILES string of the molecule is Nc1nnn(C2CCC2)c1-c1ccccc1Cl. The second-order valence-corrected chi connectivity index (χ2v) is 4.74. The minimum atomic E-state index is 0.422. The molecule has 1 saturated carbocycles. The van der Waals surface area contributed by atoms with Crippen molar-refractivity contribution in [3.8, 4) is 11.3 Å². The lowest BCUT2D eigenvalue weighted by Gasteiger charge is -2.26. The topological polar surface area (TPSA) is 56.7 Å². The van der Waals surface area contributed by atoms with E-state index in [0.29, 0.717) is 16.9 Å². The number of nitrogen functional groups attached to an aromatic ring is 1. The summed E-state index contributed by atoms with van der Waals surface area (Å²) >= 11 is 6.20. The summed E-state index contributed by atoms with van der Waals surface area (Å²) in [5.74, 6) is 0.449. The molecule has 5 heteroatoms. The van der Waals surface area contributed by atoms with Crippen molar-refractivity contribution in [3.05, 3.63) is 29.3 Å². The summed E-state index contributed by atoms with van der Waals surface area (Å²) in [6.07, 6.45) is 3.52. The molecule has 4 nitrogen and oxygen atoms in total. The van der Waals surface area contributed by atoms with Crippen LogP contribution in [0.5, 0.6) is 0 Å². The van der Waals surface area contributed by atoms with Gasteiger partial charge in [0.05, 0.1) is 11.1 Å². The van der Waals surface area contributed by atoms with Crippen molar-refractivity contribution < 1.29 is 0 Å². The Kier molecular flexibility index (Phi) is 2.52. The van der Waals surface area contributed by atoms with Crippen LogP contribution in [0.25, 0.3) is 11.3 Å². The third kappa shape index (κ3) is 1.69. The van der Waals surface area contributed by atoms with Crippen LogP contribution in [0.3, 0.4) is 0 Å². The van der Waals surface area contributed by atoms with Gasteiger partial charge in [0.15, 0.2) is 5.82 Å². The smallest absolute Gasteiger partial charge is 0.174 e. The molecule has 0 spiro atoms. The van der Waals surface area contributed by atoms with Crippen LogP contribution in [-0.4, -0.2) is 15.0 Å². The zero-order valence-corrected chi connectivity index (χ0v) is 10.1. The summed E-state index contributed by atoms with van der Waals surface area (Å²) in [7, 11) is 0. The Morgan fingerprint density at radius 1 is 1.29 bits per heavy atom. The van der Waals surface area contributed by atoms with Gasteiger partial charge in [-0.3, -0.25) is 0 Å². The van der Waals surface area contributed by atoms with E-state index in [1.165, 1.54) is 6.42 Å². The minimum Gasteiger partial charge on any atom is -0.380 e. The Hall–Kier alpha value is -1.55. The van der Waals surface area contributed by atoms with E-state index in [1.807, 2.05) is 28.9 Å². The molecule has 1 aliphatic carbocycles. The minimum absolute atomic E-state index is 0.422. The fourth-order valence-corrected chi connectivity index (χ4v) is 2.33. The van der Waals surface area contributed by atoms with Crippen molar-refractivity contribution in [3.63, 3.8) is 0 Å². The van der Waals surface area contributed by atoms with Crippen molar-refractivity contribution in [1.82, 2.24) is 15.0 Å². The Balaban J connectivity index is 2.13. The average Bonchev–Trinajstić information content (AvgIpc) is 2.59. The molecule has 0 bridgehead atoms. The molecular formula is C12H13ClN4. The highest BCUT2D eigenvalue weighted by Gasteiger charge is 2.25. The first kappa shape index (κ1) is 10.6. The molecule has 0 amide bonds. The van der Waals surface area contributed by atoms with E-state index >= 15 is 0 Å². The van der Waals surface area contributed by atoms with E-state index in [9.17, 15) is 0 Å². The highest BCUT2D eigenvalue weighted by molar-refractivity contribution is 6.33. The Morgan fingerprint density at radius 2 is 2.06 bits per heavy atom. The molecule has 0 saturated heterocycles. The van der Waals surface area contributed by atoms with Crippen LogP contribution in [-0.2, 0) is 0 Å². The number of nitrogens with zero attached hydrogens (tertiary/aromatic N) is 3. The van der Waals surface area contributed by atoms with E-state index in [0.717, 1.165) is 24.1 Å². The van der Waals surface area contributed by atoms with Gasteiger partial charge >= 0.3 is 0 Å². The van der Waals surface area contributed by atoms with Gasteiger partial charge in [-0.2, -0.15) is 0 Å². The summed E-state index contributed by atoms with van der Waals surface area (Å²) in [6.45, 7) is 0. The van der Waals surface area contributed by atoms with E-state index in [4.69, 9.17) is 17.3 Å². The maximum atomic E-state index is 6.20. The zero-order chi connectivity index (χ0) is 11.8. The molecule has 0 atom stereocenters. The number of benzene rings is 1. The first-order valence-electron chi connectivity index (χ1n) is 5.73. The second kappa shape index (κ2) is 4.04. The Bertz CT molecular complexity index is 545. The van der Waals surface area contributed by atoms with Crippen LogP contribution in [0.4, 0.5) is 5.82 Å². The van der Waals surface area contributed by atoms with Gasteiger partial charge in [-0.15, -0.1) is 5.10 Å². The zero-order valence-electron chi connectivity index (χ0n) is 9.31. The van der Waals surface area contributed by atoms with Gasteiger partial charge in [-0.05, 0) is 25.3 Å². The number of hydrogen-bond donors (Lipinski definition) is 1. The number of aromatic nitrogens is 3. The summed E-state index contributed by atoms with van der Waals surface area (Å²) in [5, 5.41) is 8.79. The van der Waals surface area contributed by atoms with Gasteiger partial charge < -0.3 is 5.73 Å². The molecule has 2 aromatic rings. The third-order valence-corrected chi connectivity index (χ3v) is 3.60. The van der Waals surface area contributed by atoms with Crippen LogP contribution >= 0.6 is 11.6 Å². The number of halogens is 1. The van der Waals surface area contributed by atoms with Crippen molar-refractivity contribution in [1.29, 1.82) is 0 Å². The number of nitrogens with two attached hydrogens (primary N) is 1. The van der Waals surface area contributed by atoms with Crippen LogP contribution in [0.2, 0.25) is 5.02 Å². The molecule has 1 fully saturated rings. The number of rotatable bonds is 2. The van der Waals surface area contributed by atoms with Gasteiger partial charge in [0.1, 0.15) is 5.69 Å². The summed E-state index contributed by atoms with van der Waals surface area (Å²) in [4.78, 5) is 0. The quantitative estimate of drug-likeness (QED) is 0.889.